The zero-order chi connectivity index (χ0) is 31.5. The molecule has 3 aromatic rings. The van der Waals surface area contributed by atoms with Gasteiger partial charge in [0.1, 0.15) is 18.1 Å². The molecule has 12 heteroatoms. The van der Waals surface area contributed by atoms with Crippen LogP contribution in [0.2, 0.25) is 0 Å². The van der Waals surface area contributed by atoms with E-state index in [0.29, 0.717) is 5.56 Å². The monoisotopic (exact) mass is 593 g/mol. The summed E-state index contributed by atoms with van der Waals surface area (Å²) in [6, 6.07) is 11.6. The number of amides is 3. The van der Waals surface area contributed by atoms with Crippen LogP contribution in [0.3, 0.4) is 0 Å². The Bertz CT molecular complexity index is 1420. The van der Waals surface area contributed by atoms with Gasteiger partial charge in [0, 0.05) is 29.9 Å². The van der Waals surface area contributed by atoms with Gasteiger partial charge in [-0.1, -0.05) is 62.4 Å². The number of nitrogens with two attached hydrogens (primary N) is 1. The number of fused-ring (bicyclic) bond motifs is 1. The third kappa shape index (κ3) is 9.96. The van der Waals surface area contributed by atoms with Crippen LogP contribution < -0.4 is 21.7 Å². The first-order valence-corrected chi connectivity index (χ1v) is 14.1. The standard InChI is InChI=1S/C31H39N5O7/c1-18(2)14-25(35-28(39)22(32)16-20-17-33-23-11-7-6-10-21(20)23)30(41)34-24(12-13-27(37)38)29(40)36-26(31(42)43)15-19-8-4-3-5-9-19/h3-11,17-18,22,24-26,33H,12-16,32H2,1-2H3,(H,34,41)(H,35,39)(H,36,40)(H,37,38)(H,42,43). The zero-order valence-corrected chi connectivity index (χ0v) is 24.2. The van der Waals surface area contributed by atoms with Crippen molar-refractivity contribution < 1.29 is 34.2 Å². The van der Waals surface area contributed by atoms with Gasteiger partial charge >= 0.3 is 11.9 Å². The smallest absolute Gasteiger partial charge is 0.326 e. The van der Waals surface area contributed by atoms with Crippen LogP contribution in [0.25, 0.3) is 10.9 Å². The number of aromatic amines is 1. The molecular weight excluding hydrogens is 554 g/mol. The summed E-state index contributed by atoms with van der Waals surface area (Å²) >= 11 is 0. The minimum Gasteiger partial charge on any atom is -0.481 e. The lowest BCUT2D eigenvalue weighted by molar-refractivity contribution is -0.143. The number of nitrogens with one attached hydrogen (secondary N) is 4. The number of rotatable bonds is 16. The van der Waals surface area contributed by atoms with E-state index in [9.17, 15) is 34.2 Å². The molecule has 230 valence electrons. The second kappa shape index (κ2) is 15.5. The number of carboxylic acids is 2. The molecule has 0 fully saturated rings. The Kier molecular flexibility index (Phi) is 11.8. The molecule has 4 unspecified atom stereocenters. The molecule has 4 atom stereocenters. The molecule has 12 nitrogen and oxygen atoms in total. The molecule has 8 N–H and O–H groups in total. The summed E-state index contributed by atoms with van der Waals surface area (Å²) < 4.78 is 0. The third-order valence-corrected chi connectivity index (χ3v) is 6.97. The van der Waals surface area contributed by atoms with Crippen molar-refractivity contribution in [2.75, 3.05) is 0 Å². The molecule has 3 amide bonds. The molecule has 0 aliphatic heterocycles. The average Bonchev–Trinajstić information content (AvgIpc) is 3.37. The SMILES string of the molecule is CC(C)CC(NC(=O)C(N)Cc1c[nH]c2ccccc12)C(=O)NC(CCC(=O)O)C(=O)NC(Cc1ccccc1)C(=O)O. The van der Waals surface area contributed by atoms with Gasteiger partial charge in [0.05, 0.1) is 6.04 Å². The Morgan fingerprint density at radius 1 is 0.791 bits per heavy atom. The van der Waals surface area contributed by atoms with Gasteiger partial charge in [-0.25, -0.2) is 4.79 Å². The summed E-state index contributed by atoms with van der Waals surface area (Å²) in [5, 5.41) is 27.5. The highest BCUT2D eigenvalue weighted by Gasteiger charge is 2.31. The van der Waals surface area contributed by atoms with Gasteiger partial charge in [0.25, 0.3) is 0 Å². The number of carboxylic acid groups (broad SMARTS) is 2. The first-order chi connectivity index (χ1) is 20.4. The van der Waals surface area contributed by atoms with Crippen molar-refractivity contribution in [1.82, 2.24) is 20.9 Å². The molecule has 2 aromatic carbocycles. The lowest BCUT2D eigenvalue weighted by Gasteiger charge is -2.26. The molecular formula is C31H39N5O7. The molecule has 1 aromatic heterocycles. The lowest BCUT2D eigenvalue weighted by Crippen LogP contribution is -2.57. The number of carbonyl (C=O) groups excluding carboxylic acids is 3. The Hall–Kier alpha value is -4.71. The van der Waals surface area contributed by atoms with E-state index in [1.54, 1.807) is 36.5 Å². The summed E-state index contributed by atoms with van der Waals surface area (Å²) in [5.41, 5.74) is 8.63. The van der Waals surface area contributed by atoms with Gasteiger partial charge in [-0.15, -0.1) is 0 Å². The van der Waals surface area contributed by atoms with Crippen molar-refractivity contribution in [2.45, 2.75) is 70.1 Å². The molecule has 0 saturated heterocycles. The lowest BCUT2D eigenvalue weighted by atomic mass is 10.00. The fourth-order valence-corrected chi connectivity index (χ4v) is 4.74. The van der Waals surface area contributed by atoms with Gasteiger partial charge in [0.15, 0.2) is 0 Å². The summed E-state index contributed by atoms with van der Waals surface area (Å²) in [6.45, 7) is 3.71. The highest BCUT2D eigenvalue weighted by Crippen LogP contribution is 2.19. The van der Waals surface area contributed by atoms with Crippen LogP contribution in [0, 0.1) is 5.92 Å². The fourth-order valence-electron chi connectivity index (χ4n) is 4.74. The number of aliphatic carboxylic acids is 2. The molecule has 0 spiro atoms. The maximum Gasteiger partial charge on any atom is 0.326 e. The minimum absolute atomic E-state index is 0.0120. The van der Waals surface area contributed by atoms with Gasteiger partial charge in [-0.3, -0.25) is 19.2 Å². The number of para-hydroxylation sites is 1. The average molecular weight is 594 g/mol. The van der Waals surface area contributed by atoms with E-state index < -0.39 is 60.2 Å². The Morgan fingerprint density at radius 3 is 2.05 bits per heavy atom. The van der Waals surface area contributed by atoms with Crippen LogP contribution in [-0.4, -0.2) is 69.0 Å². The summed E-state index contributed by atoms with van der Waals surface area (Å²) in [7, 11) is 0. The zero-order valence-electron chi connectivity index (χ0n) is 24.2. The van der Waals surface area contributed by atoms with Crippen molar-refractivity contribution in [3.63, 3.8) is 0 Å². The predicted molar refractivity (Wildman–Crippen MR) is 160 cm³/mol. The number of H-pyrrole nitrogens is 1. The quantitative estimate of drug-likeness (QED) is 0.130. The number of hydrogen-bond donors (Lipinski definition) is 7. The molecule has 3 rings (SSSR count). The van der Waals surface area contributed by atoms with Crippen molar-refractivity contribution in [3.05, 3.63) is 71.9 Å². The van der Waals surface area contributed by atoms with Crippen molar-refractivity contribution in [2.24, 2.45) is 11.7 Å². The Balaban J connectivity index is 1.71. The highest BCUT2D eigenvalue weighted by atomic mass is 16.4. The number of hydrogen-bond acceptors (Lipinski definition) is 6. The second-order valence-corrected chi connectivity index (χ2v) is 10.9. The predicted octanol–water partition coefficient (Wildman–Crippen LogP) is 1.73. The molecule has 0 radical (unpaired) electrons. The fraction of sp³-hybridized carbons (Fsp3) is 0.387. The van der Waals surface area contributed by atoms with E-state index in [-0.39, 0.29) is 31.6 Å². The van der Waals surface area contributed by atoms with Crippen LogP contribution in [-0.2, 0) is 36.8 Å². The van der Waals surface area contributed by atoms with E-state index in [2.05, 4.69) is 20.9 Å². The second-order valence-electron chi connectivity index (χ2n) is 10.9. The van der Waals surface area contributed by atoms with Gasteiger partial charge in [-0.2, -0.15) is 0 Å². The normalized spacial score (nSPS) is 14.0. The van der Waals surface area contributed by atoms with Gasteiger partial charge < -0.3 is 36.9 Å². The van der Waals surface area contributed by atoms with Gasteiger partial charge in [0.2, 0.25) is 17.7 Å². The van der Waals surface area contributed by atoms with Gasteiger partial charge in [-0.05, 0) is 42.4 Å². The van der Waals surface area contributed by atoms with Crippen LogP contribution in [0.4, 0.5) is 0 Å². The van der Waals surface area contributed by atoms with E-state index in [0.717, 1.165) is 16.5 Å². The maximum atomic E-state index is 13.4. The number of aromatic nitrogens is 1. The maximum absolute atomic E-state index is 13.4. The third-order valence-electron chi connectivity index (χ3n) is 6.97. The molecule has 0 saturated carbocycles. The molecule has 0 aliphatic carbocycles. The molecule has 0 aliphatic rings. The molecule has 43 heavy (non-hydrogen) atoms. The van der Waals surface area contributed by atoms with Crippen LogP contribution >= 0.6 is 0 Å². The molecule has 0 bridgehead atoms. The van der Waals surface area contributed by atoms with E-state index in [1.807, 2.05) is 38.1 Å². The first-order valence-electron chi connectivity index (χ1n) is 14.1. The first kappa shape index (κ1) is 32.8. The Labute approximate surface area is 249 Å². The summed E-state index contributed by atoms with van der Waals surface area (Å²) in [5.74, 6) is -4.62. The van der Waals surface area contributed by atoms with E-state index >= 15 is 0 Å². The Morgan fingerprint density at radius 2 is 1.40 bits per heavy atom. The number of benzene rings is 2. The summed E-state index contributed by atoms with van der Waals surface area (Å²) in [6.07, 6.45) is 1.47. The largest absolute Gasteiger partial charge is 0.481 e. The van der Waals surface area contributed by atoms with Crippen molar-refractivity contribution >= 4 is 40.6 Å². The van der Waals surface area contributed by atoms with Crippen LogP contribution in [0.1, 0.15) is 44.2 Å². The van der Waals surface area contributed by atoms with E-state index in [4.69, 9.17) is 5.73 Å². The van der Waals surface area contributed by atoms with Crippen LogP contribution in [0.5, 0.6) is 0 Å². The summed E-state index contributed by atoms with van der Waals surface area (Å²) in [4.78, 5) is 65.9. The highest BCUT2D eigenvalue weighted by molar-refractivity contribution is 5.94. The number of carbonyl (C=O) groups is 5. The van der Waals surface area contributed by atoms with Crippen molar-refractivity contribution in [3.8, 4) is 0 Å². The minimum atomic E-state index is -1.35. The topological polar surface area (TPSA) is 204 Å². The van der Waals surface area contributed by atoms with Crippen LogP contribution in [0.15, 0.2) is 60.8 Å². The van der Waals surface area contributed by atoms with Crippen molar-refractivity contribution in [1.29, 1.82) is 0 Å². The molecule has 1 heterocycles. The van der Waals surface area contributed by atoms with E-state index in [1.165, 1.54) is 0 Å².